The summed E-state index contributed by atoms with van der Waals surface area (Å²) in [6.07, 6.45) is 1.54. The molecule has 3 rings (SSSR count). The number of aromatic nitrogens is 1. The number of nitrogens with zero attached hydrogens (tertiary/aromatic N) is 2. The van der Waals surface area contributed by atoms with Gasteiger partial charge in [-0.1, -0.05) is 41.6 Å². The summed E-state index contributed by atoms with van der Waals surface area (Å²) in [5, 5.41) is 13.6. The van der Waals surface area contributed by atoms with Crippen molar-refractivity contribution in [1.82, 2.24) is 4.98 Å². The summed E-state index contributed by atoms with van der Waals surface area (Å²) in [5.41, 5.74) is 5.86. The van der Waals surface area contributed by atoms with Crippen molar-refractivity contribution in [2.24, 2.45) is 10.9 Å². The van der Waals surface area contributed by atoms with Crippen LogP contribution in [0.1, 0.15) is 5.69 Å². The normalized spacial score (nSPS) is 11.5. The zero-order valence-corrected chi connectivity index (χ0v) is 11.1. The van der Waals surface area contributed by atoms with E-state index >= 15 is 0 Å². The maximum atomic E-state index is 8.60. The van der Waals surface area contributed by atoms with Gasteiger partial charge in [-0.05, 0) is 23.6 Å². The molecule has 0 aliphatic heterocycles. The van der Waals surface area contributed by atoms with Gasteiger partial charge in [-0.15, -0.1) is 0 Å². The van der Waals surface area contributed by atoms with Crippen molar-refractivity contribution in [3.05, 3.63) is 66.5 Å². The topological polar surface area (TPSA) is 80.7 Å². The Kier molecular flexibility index (Phi) is 3.39. The van der Waals surface area contributed by atoms with Gasteiger partial charge in [-0.2, -0.15) is 0 Å². The van der Waals surface area contributed by atoms with E-state index in [0.29, 0.717) is 11.4 Å². The van der Waals surface area contributed by atoms with Gasteiger partial charge in [0.1, 0.15) is 17.2 Å². The van der Waals surface area contributed by atoms with Gasteiger partial charge >= 0.3 is 0 Å². The van der Waals surface area contributed by atoms with Gasteiger partial charge < -0.3 is 15.7 Å². The zero-order chi connectivity index (χ0) is 14.7. The average molecular weight is 279 g/mol. The minimum absolute atomic E-state index is 0.0355. The number of nitrogens with two attached hydrogens (primary N) is 1. The van der Waals surface area contributed by atoms with Crippen LogP contribution in [0.4, 0.5) is 0 Å². The molecule has 0 atom stereocenters. The molecule has 0 aliphatic carbocycles. The van der Waals surface area contributed by atoms with Crippen LogP contribution in [-0.2, 0) is 0 Å². The standard InChI is InChI=1S/C16H13N3O2/c17-16(19-20)14-9-8-12(10-18-14)21-15-7-3-5-11-4-1-2-6-13(11)15/h1-10,20H,(H2,17,19). The Labute approximate surface area is 121 Å². The Bertz CT molecular complexity index is 793. The summed E-state index contributed by atoms with van der Waals surface area (Å²) < 4.78 is 5.85. The molecule has 104 valence electrons. The van der Waals surface area contributed by atoms with E-state index in [1.807, 2.05) is 42.5 Å². The SMILES string of the molecule is N/C(=N/O)c1ccc(Oc2cccc3ccccc23)cn1. The smallest absolute Gasteiger partial charge is 0.188 e. The number of ether oxygens (including phenoxy) is 1. The Balaban J connectivity index is 1.92. The maximum Gasteiger partial charge on any atom is 0.188 e. The summed E-state index contributed by atoms with van der Waals surface area (Å²) in [5.74, 6) is 1.30. The quantitative estimate of drug-likeness (QED) is 0.334. The number of fused-ring (bicyclic) bond motifs is 1. The molecule has 0 bridgehead atoms. The van der Waals surface area contributed by atoms with Gasteiger partial charge in [0.15, 0.2) is 5.84 Å². The number of benzene rings is 2. The van der Waals surface area contributed by atoms with E-state index in [1.54, 1.807) is 12.1 Å². The fourth-order valence-corrected chi connectivity index (χ4v) is 2.06. The van der Waals surface area contributed by atoms with Crippen molar-refractivity contribution in [2.75, 3.05) is 0 Å². The molecule has 1 aromatic heterocycles. The first kappa shape index (κ1) is 12.9. The van der Waals surface area contributed by atoms with Crippen LogP contribution >= 0.6 is 0 Å². The molecule has 0 unspecified atom stereocenters. The van der Waals surface area contributed by atoms with Gasteiger partial charge in [0.25, 0.3) is 0 Å². The van der Waals surface area contributed by atoms with Crippen LogP contribution in [0, 0.1) is 0 Å². The number of oxime groups is 1. The summed E-state index contributed by atoms with van der Waals surface area (Å²) >= 11 is 0. The van der Waals surface area contributed by atoms with E-state index in [2.05, 4.69) is 10.1 Å². The van der Waals surface area contributed by atoms with Crippen LogP contribution in [0.15, 0.2) is 65.9 Å². The van der Waals surface area contributed by atoms with E-state index in [9.17, 15) is 0 Å². The van der Waals surface area contributed by atoms with Crippen LogP contribution in [0.2, 0.25) is 0 Å². The van der Waals surface area contributed by atoms with Crippen LogP contribution in [-0.4, -0.2) is 16.0 Å². The van der Waals surface area contributed by atoms with Crippen molar-refractivity contribution in [3.63, 3.8) is 0 Å². The van der Waals surface area contributed by atoms with E-state index in [-0.39, 0.29) is 5.84 Å². The molecule has 5 heteroatoms. The summed E-state index contributed by atoms with van der Waals surface area (Å²) in [6.45, 7) is 0. The van der Waals surface area contributed by atoms with E-state index in [1.165, 1.54) is 6.20 Å². The van der Waals surface area contributed by atoms with Crippen LogP contribution in [0.25, 0.3) is 10.8 Å². The lowest BCUT2D eigenvalue weighted by Gasteiger charge is -2.09. The zero-order valence-electron chi connectivity index (χ0n) is 11.1. The lowest BCUT2D eigenvalue weighted by molar-refractivity contribution is 0.318. The molecule has 0 amide bonds. The molecule has 0 spiro atoms. The predicted molar refractivity (Wildman–Crippen MR) is 80.8 cm³/mol. The monoisotopic (exact) mass is 279 g/mol. The minimum atomic E-state index is -0.0355. The van der Waals surface area contributed by atoms with E-state index in [0.717, 1.165) is 16.5 Å². The van der Waals surface area contributed by atoms with Gasteiger partial charge in [0, 0.05) is 5.39 Å². The molecule has 0 fully saturated rings. The largest absolute Gasteiger partial charge is 0.455 e. The molecule has 21 heavy (non-hydrogen) atoms. The van der Waals surface area contributed by atoms with Gasteiger partial charge in [0.2, 0.25) is 0 Å². The van der Waals surface area contributed by atoms with Crippen LogP contribution in [0.3, 0.4) is 0 Å². The summed E-state index contributed by atoms with van der Waals surface area (Å²) in [4.78, 5) is 4.08. The highest BCUT2D eigenvalue weighted by Gasteiger charge is 2.05. The second kappa shape index (κ2) is 5.50. The molecule has 0 saturated carbocycles. The Morgan fingerprint density at radius 1 is 1.05 bits per heavy atom. The van der Waals surface area contributed by atoms with Crippen molar-refractivity contribution >= 4 is 16.6 Å². The summed E-state index contributed by atoms with van der Waals surface area (Å²) in [6, 6.07) is 17.2. The first-order chi connectivity index (χ1) is 10.3. The molecule has 2 aromatic carbocycles. The van der Waals surface area contributed by atoms with Gasteiger partial charge in [-0.25, -0.2) is 4.98 Å². The first-order valence-electron chi connectivity index (χ1n) is 6.37. The molecule has 0 saturated heterocycles. The van der Waals surface area contributed by atoms with Crippen molar-refractivity contribution in [3.8, 4) is 11.5 Å². The lowest BCUT2D eigenvalue weighted by atomic mass is 10.1. The van der Waals surface area contributed by atoms with Gasteiger partial charge in [-0.3, -0.25) is 0 Å². The predicted octanol–water partition coefficient (Wildman–Crippen LogP) is 3.12. The van der Waals surface area contributed by atoms with Gasteiger partial charge in [0.05, 0.1) is 6.20 Å². The van der Waals surface area contributed by atoms with Crippen molar-refractivity contribution in [1.29, 1.82) is 0 Å². The second-order valence-corrected chi connectivity index (χ2v) is 4.44. The second-order valence-electron chi connectivity index (χ2n) is 4.44. The number of pyridine rings is 1. The molecule has 5 nitrogen and oxygen atoms in total. The molecule has 0 aliphatic rings. The third-order valence-electron chi connectivity index (χ3n) is 3.08. The third kappa shape index (κ3) is 2.62. The average Bonchev–Trinajstić information content (AvgIpc) is 2.55. The molecule has 3 aromatic rings. The minimum Gasteiger partial charge on any atom is -0.455 e. The molecular formula is C16H13N3O2. The van der Waals surface area contributed by atoms with E-state index in [4.69, 9.17) is 15.7 Å². The lowest BCUT2D eigenvalue weighted by Crippen LogP contribution is -2.14. The maximum absolute atomic E-state index is 8.60. The van der Waals surface area contributed by atoms with Crippen LogP contribution in [0.5, 0.6) is 11.5 Å². The highest BCUT2D eigenvalue weighted by molar-refractivity contribution is 5.95. The Morgan fingerprint density at radius 2 is 1.86 bits per heavy atom. The third-order valence-corrected chi connectivity index (χ3v) is 3.08. The fourth-order valence-electron chi connectivity index (χ4n) is 2.06. The highest BCUT2D eigenvalue weighted by atomic mass is 16.5. The molecular weight excluding hydrogens is 266 g/mol. The molecule has 1 heterocycles. The molecule has 0 radical (unpaired) electrons. The van der Waals surface area contributed by atoms with Crippen LogP contribution < -0.4 is 10.5 Å². The number of hydrogen-bond donors (Lipinski definition) is 2. The fraction of sp³-hybridized carbons (Fsp3) is 0. The Morgan fingerprint density at radius 3 is 2.62 bits per heavy atom. The van der Waals surface area contributed by atoms with Crippen molar-refractivity contribution in [2.45, 2.75) is 0 Å². The number of amidine groups is 1. The Hall–Kier alpha value is -3.08. The molecule has 3 N–H and O–H groups in total. The first-order valence-corrected chi connectivity index (χ1v) is 6.37. The summed E-state index contributed by atoms with van der Waals surface area (Å²) in [7, 11) is 0. The highest BCUT2D eigenvalue weighted by Crippen LogP contribution is 2.29. The number of rotatable bonds is 3. The van der Waals surface area contributed by atoms with E-state index < -0.39 is 0 Å². The van der Waals surface area contributed by atoms with Crippen molar-refractivity contribution < 1.29 is 9.94 Å². The number of hydrogen-bond acceptors (Lipinski definition) is 4.